The number of amides is 1. The van der Waals surface area contributed by atoms with E-state index in [1.54, 1.807) is 30.7 Å². The Morgan fingerprint density at radius 3 is 2.82 bits per heavy atom. The molecule has 3 aromatic rings. The fraction of sp³-hybridized carbons (Fsp3) is 0.429. The molecule has 4 heterocycles. The summed E-state index contributed by atoms with van der Waals surface area (Å²) in [4.78, 5) is 30.0. The molecule has 1 aliphatic heterocycles. The van der Waals surface area contributed by atoms with E-state index in [0.29, 0.717) is 11.7 Å². The first-order valence-electron chi connectivity index (χ1n) is 9.76. The Balaban J connectivity index is 1.27. The number of rotatable bonds is 4. The first-order valence-corrected chi connectivity index (χ1v) is 10.7. The van der Waals surface area contributed by atoms with Crippen LogP contribution < -0.4 is 4.90 Å². The Bertz CT molecular complexity index is 997. The number of thiophene rings is 1. The maximum absolute atomic E-state index is 12.3. The Morgan fingerprint density at radius 2 is 2.07 bits per heavy atom. The number of anilines is 1. The lowest BCUT2D eigenvalue weighted by Crippen LogP contribution is -2.40. The number of nitrogens with zero attached hydrogens (tertiary/aromatic N) is 5. The zero-order valence-corrected chi connectivity index (χ0v) is 16.7. The monoisotopic (exact) mass is 393 g/mol. The van der Waals surface area contributed by atoms with Crippen LogP contribution in [0.1, 0.15) is 31.7 Å². The molecule has 1 aliphatic carbocycles. The van der Waals surface area contributed by atoms with Gasteiger partial charge < -0.3 is 9.80 Å². The molecular weight excluding hydrogens is 370 g/mol. The third-order valence-corrected chi connectivity index (χ3v) is 6.99. The van der Waals surface area contributed by atoms with E-state index < -0.39 is 0 Å². The van der Waals surface area contributed by atoms with Gasteiger partial charge in [0.25, 0.3) is 0 Å². The van der Waals surface area contributed by atoms with E-state index in [0.717, 1.165) is 50.2 Å². The van der Waals surface area contributed by atoms with Crippen LogP contribution in [0.25, 0.3) is 11.2 Å². The van der Waals surface area contributed by atoms with Crippen molar-refractivity contribution >= 4 is 34.2 Å². The van der Waals surface area contributed by atoms with E-state index in [4.69, 9.17) is 0 Å². The van der Waals surface area contributed by atoms with Crippen molar-refractivity contribution in [3.63, 3.8) is 0 Å². The Kier molecular flexibility index (Phi) is 4.27. The number of pyridine rings is 1. The van der Waals surface area contributed by atoms with Gasteiger partial charge in [0.15, 0.2) is 5.65 Å². The number of hydrogen-bond acceptors (Lipinski definition) is 6. The molecule has 1 spiro atoms. The van der Waals surface area contributed by atoms with Gasteiger partial charge in [-0.15, -0.1) is 0 Å². The Hall–Kier alpha value is -2.54. The summed E-state index contributed by atoms with van der Waals surface area (Å²) >= 11 is 1.69. The quantitative estimate of drug-likeness (QED) is 0.679. The molecule has 0 N–H and O–H groups in total. The van der Waals surface area contributed by atoms with Crippen molar-refractivity contribution in [2.45, 2.75) is 38.8 Å². The van der Waals surface area contributed by atoms with Crippen LogP contribution in [-0.2, 0) is 11.3 Å². The number of piperidine rings is 1. The molecule has 1 atom stereocenters. The summed E-state index contributed by atoms with van der Waals surface area (Å²) in [5.74, 6) is 1.16. The van der Waals surface area contributed by atoms with Crippen molar-refractivity contribution < 1.29 is 4.79 Å². The van der Waals surface area contributed by atoms with Crippen LogP contribution >= 0.6 is 11.3 Å². The predicted molar refractivity (Wildman–Crippen MR) is 110 cm³/mol. The molecule has 144 valence electrons. The van der Waals surface area contributed by atoms with Crippen LogP contribution in [0.4, 0.5) is 5.82 Å². The lowest BCUT2D eigenvalue weighted by Gasteiger charge is -2.35. The second-order valence-corrected chi connectivity index (χ2v) is 8.70. The third-order valence-electron chi connectivity index (χ3n) is 6.26. The van der Waals surface area contributed by atoms with E-state index in [1.807, 2.05) is 12.1 Å². The molecule has 1 saturated heterocycles. The summed E-state index contributed by atoms with van der Waals surface area (Å²) in [5, 5.41) is 4.22. The number of carbonyl (C=O) groups excluding carboxylic acids is 1. The van der Waals surface area contributed by atoms with E-state index in [2.05, 4.69) is 41.6 Å². The topological polar surface area (TPSA) is 62.2 Å². The number of aromatic nitrogens is 3. The lowest BCUT2D eigenvalue weighted by atomic mass is 9.92. The van der Waals surface area contributed by atoms with Gasteiger partial charge >= 0.3 is 0 Å². The van der Waals surface area contributed by atoms with Gasteiger partial charge in [0, 0.05) is 45.0 Å². The molecule has 0 bridgehead atoms. The van der Waals surface area contributed by atoms with Crippen molar-refractivity contribution in [1.82, 2.24) is 19.9 Å². The van der Waals surface area contributed by atoms with Crippen molar-refractivity contribution in [1.29, 1.82) is 0 Å². The molecule has 2 aliphatic rings. The Morgan fingerprint density at radius 1 is 1.25 bits per heavy atom. The van der Waals surface area contributed by atoms with E-state index in [1.165, 1.54) is 5.56 Å². The predicted octanol–water partition coefficient (Wildman–Crippen LogP) is 3.49. The molecule has 1 saturated carbocycles. The van der Waals surface area contributed by atoms with Crippen molar-refractivity contribution in [2.75, 3.05) is 18.0 Å². The van der Waals surface area contributed by atoms with E-state index in [9.17, 15) is 4.79 Å². The van der Waals surface area contributed by atoms with Gasteiger partial charge in [-0.3, -0.25) is 9.78 Å². The van der Waals surface area contributed by atoms with Crippen LogP contribution in [0, 0.1) is 5.41 Å². The summed E-state index contributed by atoms with van der Waals surface area (Å²) in [7, 11) is 0. The zero-order valence-electron chi connectivity index (χ0n) is 15.9. The molecule has 0 radical (unpaired) electrons. The largest absolute Gasteiger partial charge is 0.357 e. The maximum Gasteiger partial charge on any atom is 0.220 e. The standard InChI is InChI=1S/C21H23N5OS/c1-15(27)26(13-16-4-11-28-14-16)18-12-21(18)5-9-25(10-6-21)19-3-2-17-20(24-19)23-8-7-22-17/h2-4,7-8,11,14,18H,5-6,9-10,12-13H2,1H3. The van der Waals surface area contributed by atoms with Crippen LogP contribution in [0.2, 0.25) is 0 Å². The van der Waals surface area contributed by atoms with Gasteiger partial charge in [0.05, 0.1) is 0 Å². The molecule has 5 rings (SSSR count). The van der Waals surface area contributed by atoms with Gasteiger partial charge in [-0.1, -0.05) is 0 Å². The van der Waals surface area contributed by atoms with Crippen molar-refractivity contribution in [2.24, 2.45) is 5.41 Å². The highest BCUT2D eigenvalue weighted by atomic mass is 32.1. The van der Waals surface area contributed by atoms with Crippen LogP contribution in [0.5, 0.6) is 0 Å². The highest BCUT2D eigenvalue weighted by Crippen LogP contribution is 2.57. The SMILES string of the molecule is CC(=O)N(Cc1ccsc1)C1CC12CCN(c1ccc3nccnc3n1)CC2. The smallest absolute Gasteiger partial charge is 0.220 e. The van der Waals surface area contributed by atoms with Crippen LogP contribution in [0.15, 0.2) is 41.4 Å². The van der Waals surface area contributed by atoms with Crippen LogP contribution in [-0.4, -0.2) is 44.9 Å². The summed E-state index contributed by atoms with van der Waals surface area (Å²) in [6.07, 6.45) is 6.71. The van der Waals surface area contributed by atoms with E-state index in [-0.39, 0.29) is 11.3 Å². The van der Waals surface area contributed by atoms with Gasteiger partial charge in [0.2, 0.25) is 5.91 Å². The number of hydrogen-bond donors (Lipinski definition) is 0. The summed E-state index contributed by atoms with van der Waals surface area (Å²) < 4.78 is 0. The molecule has 7 heteroatoms. The summed E-state index contributed by atoms with van der Waals surface area (Å²) in [5.41, 5.74) is 3.05. The fourth-order valence-electron chi connectivity index (χ4n) is 4.53. The number of fused-ring (bicyclic) bond motifs is 1. The minimum Gasteiger partial charge on any atom is -0.357 e. The van der Waals surface area contributed by atoms with Crippen molar-refractivity contribution in [3.8, 4) is 0 Å². The van der Waals surface area contributed by atoms with Gasteiger partial charge in [-0.2, -0.15) is 11.3 Å². The zero-order chi connectivity index (χ0) is 19.1. The average Bonchev–Trinajstić information content (AvgIpc) is 3.14. The molecule has 0 aromatic carbocycles. The first-order chi connectivity index (χ1) is 13.6. The van der Waals surface area contributed by atoms with E-state index >= 15 is 0 Å². The molecule has 2 fully saturated rings. The first kappa shape index (κ1) is 17.6. The molecule has 1 amide bonds. The summed E-state index contributed by atoms with van der Waals surface area (Å²) in [6, 6.07) is 6.53. The number of carbonyl (C=O) groups is 1. The van der Waals surface area contributed by atoms with Crippen LogP contribution in [0.3, 0.4) is 0 Å². The summed E-state index contributed by atoms with van der Waals surface area (Å²) in [6.45, 7) is 4.38. The van der Waals surface area contributed by atoms with Crippen molar-refractivity contribution in [3.05, 3.63) is 46.9 Å². The second-order valence-electron chi connectivity index (χ2n) is 7.92. The molecular formula is C21H23N5OS. The fourth-order valence-corrected chi connectivity index (χ4v) is 5.19. The molecule has 3 aromatic heterocycles. The Labute approximate surface area is 168 Å². The van der Waals surface area contributed by atoms with Gasteiger partial charge in [-0.25, -0.2) is 9.97 Å². The maximum atomic E-state index is 12.3. The minimum absolute atomic E-state index is 0.185. The average molecular weight is 394 g/mol. The molecule has 1 unspecified atom stereocenters. The third kappa shape index (κ3) is 3.13. The minimum atomic E-state index is 0.185. The molecule has 28 heavy (non-hydrogen) atoms. The lowest BCUT2D eigenvalue weighted by molar-refractivity contribution is -0.130. The highest BCUT2D eigenvalue weighted by Gasteiger charge is 2.58. The van der Waals surface area contributed by atoms with Gasteiger partial charge in [0.1, 0.15) is 11.3 Å². The second kappa shape index (κ2) is 6.81. The molecule has 6 nitrogen and oxygen atoms in total. The normalized spacial score (nSPS) is 20.5. The van der Waals surface area contributed by atoms with Gasteiger partial charge in [-0.05, 0) is 59.2 Å². The highest BCUT2D eigenvalue weighted by molar-refractivity contribution is 7.07.